The second-order valence-corrected chi connectivity index (χ2v) is 9.03. The fraction of sp³-hybridized carbons (Fsp3) is 0.167. The smallest absolute Gasteiger partial charge is 0.339 e. The van der Waals surface area contributed by atoms with Crippen LogP contribution in [0.25, 0.3) is 11.0 Å². The van der Waals surface area contributed by atoms with Crippen LogP contribution in [-0.4, -0.2) is 27.2 Å². The van der Waals surface area contributed by atoms with E-state index in [2.05, 4.69) is 15.9 Å². The van der Waals surface area contributed by atoms with E-state index in [1.165, 1.54) is 18.2 Å². The van der Waals surface area contributed by atoms with Crippen molar-refractivity contribution in [2.75, 3.05) is 12.9 Å². The average molecular weight is 458 g/mol. The molecular formula is C18H14BrClO5S. The molecule has 3 aromatic rings. The molecular weight excluding hydrogens is 444 g/mol. The summed E-state index contributed by atoms with van der Waals surface area (Å²) in [5, 5.41) is 1.08. The largest absolute Gasteiger partial charge is 0.462 e. The van der Waals surface area contributed by atoms with Crippen LogP contribution in [0.4, 0.5) is 0 Å². The molecule has 0 amide bonds. The molecule has 1 aromatic heterocycles. The summed E-state index contributed by atoms with van der Waals surface area (Å²) in [6.07, 6.45) is 1.45. The van der Waals surface area contributed by atoms with Gasteiger partial charge in [-0.3, -0.25) is 0 Å². The van der Waals surface area contributed by atoms with E-state index in [0.29, 0.717) is 12.2 Å². The number of sulfone groups is 1. The van der Waals surface area contributed by atoms with Gasteiger partial charge in [-0.2, -0.15) is 0 Å². The predicted molar refractivity (Wildman–Crippen MR) is 102 cm³/mol. The molecule has 26 heavy (non-hydrogen) atoms. The van der Waals surface area contributed by atoms with Crippen LogP contribution in [0.5, 0.6) is 0 Å². The number of rotatable bonds is 5. The average Bonchev–Trinajstić information content (AvgIpc) is 2.95. The zero-order chi connectivity index (χ0) is 18.9. The predicted octanol–water partition coefficient (Wildman–Crippen LogP) is 4.65. The number of carbonyl (C=O) groups excluding carboxylic acids is 1. The van der Waals surface area contributed by atoms with Crippen LogP contribution in [0.2, 0.25) is 5.02 Å². The van der Waals surface area contributed by atoms with Crippen LogP contribution >= 0.6 is 27.5 Å². The number of benzene rings is 2. The lowest BCUT2D eigenvalue weighted by molar-refractivity contribution is 0.0505. The number of carbonyl (C=O) groups is 1. The maximum Gasteiger partial charge on any atom is 0.339 e. The lowest BCUT2D eigenvalue weighted by Gasteiger charge is -2.07. The number of esters is 1. The fourth-order valence-electron chi connectivity index (χ4n) is 2.41. The van der Waals surface area contributed by atoms with Crippen molar-refractivity contribution in [1.29, 1.82) is 0 Å². The first-order valence-electron chi connectivity index (χ1n) is 7.59. The topological polar surface area (TPSA) is 73.6 Å². The third kappa shape index (κ3) is 4.28. The van der Waals surface area contributed by atoms with E-state index in [9.17, 15) is 13.2 Å². The molecule has 0 unspecified atom stereocenters. The first-order valence-corrected chi connectivity index (χ1v) is 10.6. The van der Waals surface area contributed by atoms with Crippen LogP contribution in [0.1, 0.15) is 16.1 Å². The second kappa shape index (κ2) is 7.42. The van der Waals surface area contributed by atoms with Gasteiger partial charge in [0.15, 0.2) is 9.84 Å². The zero-order valence-electron chi connectivity index (χ0n) is 13.7. The van der Waals surface area contributed by atoms with Crippen LogP contribution in [0.3, 0.4) is 0 Å². The van der Waals surface area contributed by atoms with Gasteiger partial charge in [-0.05, 0) is 42.5 Å². The molecule has 0 atom stereocenters. The standard InChI is InChI=1S/C18H14BrClO5S/c1-26(22,23)14-3-4-16(20)15(10-14)18(21)24-7-6-13-9-11-8-12(19)2-5-17(11)25-13/h2-5,8-10H,6-7H2,1H3. The Bertz CT molecular complexity index is 1090. The van der Waals surface area contributed by atoms with E-state index in [1.54, 1.807) is 0 Å². The molecule has 0 saturated heterocycles. The highest BCUT2D eigenvalue weighted by Gasteiger charge is 2.17. The van der Waals surface area contributed by atoms with E-state index in [4.69, 9.17) is 20.8 Å². The molecule has 0 aliphatic heterocycles. The highest BCUT2D eigenvalue weighted by Crippen LogP contribution is 2.24. The second-order valence-electron chi connectivity index (χ2n) is 5.69. The molecule has 0 radical (unpaired) electrons. The maximum absolute atomic E-state index is 12.2. The lowest BCUT2D eigenvalue weighted by atomic mass is 10.2. The van der Waals surface area contributed by atoms with Crippen molar-refractivity contribution in [2.24, 2.45) is 0 Å². The Kier molecular flexibility index (Phi) is 5.41. The third-order valence-electron chi connectivity index (χ3n) is 3.70. The van der Waals surface area contributed by atoms with Crippen molar-refractivity contribution in [3.05, 3.63) is 63.3 Å². The van der Waals surface area contributed by atoms with E-state index in [0.717, 1.165) is 21.7 Å². The summed E-state index contributed by atoms with van der Waals surface area (Å²) in [6, 6.07) is 11.5. The van der Waals surface area contributed by atoms with Crippen molar-refractivity contribution < 1.29 is 22.4 Å². The zero-order valence-corrected chi connectivity index (χ0v) is 16.8. The van der Waals surface area contributed by atoms with Crippen LogP contribution in [0, 0.1) is 0 Å². The van der Waals surface area contributed by atoms with Crippen molar-refractivity contribution in [2.45, 2.75) is 11.3 Å². The minimum atomic E-state index is -3.44. The summed E-state index contributed by atoms with van der Waals surface area (Å²) in [5.74, 6) is 0.00115. The van der Waals surface area contributed by atoms with Gasteiger partial charge in [-0.1, -0.05) is 27.5 Å². The van der Waals surface area contributed by atoms with Gasteiger partial charge in [0, 0.05) is 22.5 Å². The molecule has 0 saturated carbocycles. The summed E-state index contributed by atoms with van der Waals surface area (Å²) < 4.78 is 35.1. The summed E-state index contributed by atoms with van der Waals surface area (Å²) in [6.45, 7) is 0.0826. The molecule has 0 spiro atoms. The van der Waals surface area contributed by atoms with Gasteiger partial charge in [-0.25, -0.2) is 13.2 Å². The van der Waals surface area contributed by atoms with Gasteiger partial charge in [0.25, 0.3) is 0 Å². The molecule has 3 rings (SSSR count). The molecule has 8 heteroatoms. The Morgan fingerprint density at radius 1 is 1.19 bits per heavy atom. The highest BCUT2D eigenvalue weighted by atomic mass is 79.9. The Balaban J connectivity index is 1.68. The summed E-state index contributed by atoms with van der Waals surface area (Å²) in [5.41, 5.74) is 0.765. The number of ether oxygens (including phenoxy) is 1. The quantitative estimate of drug-likeness (QED) is 0.521. The Morgan fingerprint density at radius 3 is 2.69 bits per heavy atom. The fourth-order valence-corrected chi connectivity index (χ4v) is 3.63. The summed E-state index contributed by atoms with van der Waals surface area (Å²) in [7, 11) is -3.44. The van der Waals surface area contributed by atoms with Gasteiger partial charge < -0.3 is 9.15 Å². The van der Waals surface area contributed by atoms with Gasteiger partial charge in [0.05, 0.1) is 22.1 Å². The lowest BCUT2D eigenvalue weighted by Crippen LogP contribution is -2.10. The van der Waals surface area contributed by atoms with E-state index < -0.39 is 15.8 Å². The SMILES string of the molecule is CS(=O)(=O)c1ccc(Cl)c(C(=O)OCCc2cc3cc(Br)ccc3o2)c1. The molecule has 1 heterocycles. The number of hydrogen-bond acceptors (Lipinski definition) is 5. The summed E-state index contributed by atoms with van der Waals surface area (Å²) in [4.78, 5) is 12.2. The number of hydrogen-bond donors (Lipinski definition) is 0. The number of fused-ring (bicyclic) bond motifs is 1. The van der Waals surface area contributed by atoms with E-state index >= 15 is 0 Å². The Labute approximate surface area is 163 Å². The van der Waals surface area contributed by atoms with E-state index in [-0.39, 0.29) is 22.1 Å². The van der Waals surface area contributed by atoms with Gasteiger partial charge in [-0.15, -0.1) is 0 Å². The highest BCUT2D eigenvalue weighted by molar-refractivity contribution is 9.10. The molecule has 136 valence electrons. The van der Waals surface area contributed by atoms with Crippen LogP contribution in [-0.2, 0) is 21.0 Å². The monoisotopic (exact) mass is 456 g/mol. The first-order chi connectivity index (χ1) is 12.2. The van der Waals surface area contributed by atoms with E-state index in [1.807, 2.05) is 24.3 Å². The molecule has 5 nitrogen and oxygen atoms in total. The molecule has 0 aliphatic rings. The molecule has 2 aromatic carbocycles. The Morgan fingerprint density at radius 2 is 1.96 bits per heavy atom. The van der Waals surface area contributed by atoms with Gasteiger partial charge in [0.1, 0.15) is 11.3 Å². The van der Waals surface area contributed by atoms with Gasteiger partial charge >= 0.3 is 5.97 Å². The summed E-state index contributed by atoms with van der Waals surface area (Å²) >= 11 is 9.39. The van der Waals surface area contributed by atoms with Crippen LogP contribution < -0.4 is 0 Å². The number of halogens is 2. The molecule has 0 fully saturated rings. The minimum absolute atomic E-state index is 0.0108. The normalized spacial score (nSPS) is 11.7. The molecule has 0 bridgehead atoms. The maximum atomic E-state index is 12.2. The van der Waals surface area contributed by atoms with Crippen LogP contribution in [0.15, 0.2) is 56.2 Å². The Hall–Kier alpha value is -1.83. The molecule has 0 N–H and O–H groups in total. The van der Waals surface area contributed by atoms with Gasteiger partial charge in [0.2, 0.25) is 0 Å². The van der Waals surface area contributed by atoms with Crippen molar-refractivity contribution in [3.63, 3.8) is 0 Å². The van der Waals surface area contributed by atoms with Crippen molar-refractivity contribution in [3.8, 4) is 0 Å². The van der Waals surface area contributed by atoms with Crippen molar-refractivity contribution >= 4 is 54.3 Å². The number of furan rings is 1. The first kappa shape index (κ1) is 18.9. The van der Waals surface area contributed by atoms with Crippen molar-refractivity contribution in [1.82, 2.24) is 0 Å². The third-order valence-corrected chi connectivity index (χ3v) is 5.63. The minimum Gasteiger partial charge on any atom is -0.462 e. The molecule has 0 aliphatic carbocycles.